The Kier molecular flexibility index (Phi) is 3.04. The number of methoxy groups -OCH3 is 1. The van der Waals surface area contributed by atoms with Gasteiger partial charge in [0, 0.05) is 13.5 Å². The van der Waals surface area contributed by atoms with Gasteiger partial charge in [0.15, 0.2) is 0 Å². The Morgan fingerprint density at radius 1 is 1.33 bits per heavy atom. The zero-order valence-corrected chi connectivity index (χ0v) is 10.8. The van der Waals surface area contributed by atoms with Crippen LogP contribution in [0.2, 0.25) is 0 Å². The standard InChI is InChI=1S/C15H20O3/c1-17-13-4-7-15(16,8-5-13)12-2-3-14-11(10-12)6-9-18-14/h2-3,10,13,16H,4-9H2,1H3. The van der Waals surface area contributed by atoms with Crippen molar-refractivity contribution in [2.45, 2.75) is 43.8 Å². The number of benzene rings is 1. The van der Waals surface area contributed by atoms with E-state index in [2.05, 4.69) is 6.07 Å². The summed E-state index contributed by atoms with van der Waals surface area (Å²) in [6.45, 7) is 0.767. The Bertz CT molecular complexity index is 433. The van der Waals surface area contributed by atoms with Crippen LogP contribution >= 0.6 is 0 Å². The van der Waals surface area contributed by atoms with Crippen LogP contribution in [0.1, 0.15) is 36.8 Å². The number of aliphatic hydroxyl groups is 1. The van der Waals surface area contributed by atoms with Gasteiger partial charge in [-0.2, -0.15) is 0 Å². The van der Waals surface area contributed by atoms with E-state index in [-0.39, 0.29) is 0 Å². The fourth-order valence-corrected chi connectivity index (χ4v) is 3.07. The average Bonchev–Trinajstić information content (AvgIpc) is 2.87. The van der Waals surface area contributed by atoms with E-state index in [9.17, 15) is 5.11 Å². The van der Waals surface area contributed by atoms with Crippen LogP contribution in [-0.4, -0.2) is 24.9 Å². The molecule has 1 saturated carbocycles. The lowest BCUT2D eigenvalue weighted by Crippen LogP contribution is -2.34. The van der Waals surface area contributed by atoms with E-state index in [1.165, 1.54) is 5.56 Å². The predicted octanol–water partition coefficient (Wildman–Crippen LogP) is 2.40. The van der Waals surface area contributed by atoms with Gasteiger partial charge < -0.3 is 14.6 Å². The summed E-state index contributed by atoms with van der Waals surface area (Å²) < 4.78 is 10.9. The van der Waals surface area contributed by atoms with Crippen molar-refractivity contribution in [1.29, 1.82) is 0 Å². The molecule has 0 bridgehead atoms. The minimum Gasteiger partial charge on any atom is -0.493 e. The molecule has 0 radical (unpaired) electrons. The summed E-state index contributed by atoms with van der Waals surface area (Å²) in [5.41, 5.74) is 1.60. The van der Waals surface area contributed by atoms with Gasteiger partial charge in [0.1, 0.15) is 5.75 Å². The fraction of sp³-hybridized carbons (Fsp3) is 0.600. The van der Waals surface area contributed by atoms with E-state index < -0.39 is 5.60 Å². The van der Waals surface area contributed by atoms with Crippen molar-refractivity contribution in [3.63, 3.8) is 0 Å². The van der Waals surface area contributed by atoms with Gasteiger partial charge in [0.05, 0.1) is 18.3 Å². The van der Waals surface area contributed by atoms with Gasteiger partial charge in [-0.1, -0.05) is 6.07 Å². The fourth-order valence-electron chi connectivity index (χ4n) is 3.07. The van der Waals surface area contributed by atoms with Crippen molar-refractivity contribution in [3.05, 3.63) is 29.3 Å². The van der Waals surface area contributed by atoms with Gasteiger partial charge in [-0.3, -0.25) is 0 Å². The topological polar surface area (TPSA) is 38.7 Å². The molecule has 1 aliphatic heterocycles. The lowest BCUT2D eigenvalue weighted by atomic mass is 9.78. The highest BCUT2D eigenvalue weighted by Crippen LogP contribution is 2.40. The lowest BCUT2D eigenvalue weighted by molar-refractivity contribution is -0.0474. The first-order valence-electron chi connectivity index (χ1n) is 6.73. The van der Waals surface area contributed by atoms with Gasteiger partial charge in [0.25, 0.3) is 0 Å². The van der Waals surface area contributed by atoms with E-state index in [4.69, 9.17) is 9.47 Å². The van der Waals surface area contributed by atoms with Crippen molar-refractivity contribution in [1.82, 2.24) is 0 Å². The Morgan fingerprint density at radius 3 is 2.83 bits per heavy atom. The summed E-state index contributed by atoms with van der Waals surface area (Å²) in [4.78, 5) is 0. The SMILES string of the molecule is COC1CCC(O)(c2ccc3c(c2)CCO3)CC1. The van der Waals surface area contributed by atoms with E-state index in [1.807, 2.05) is 12.1 Å². The van der Waals surface area contributed by atoms with Crippen molar-refractivity contribution in [3.8, 4) is 5.75 Å². The molecule has 3 nitrogen and oxygen atoms in total. The molecule has 1 heterocycles. The van der Waals surface area contributed by atoms with Crippen molar-refractivity contribution >= 4 is 0 Å². The molecule has 1 aliphatic carbocycles. The zero-order valence-electron chi connectivity index (χ0n) is 10.8. The van der Waals surface area contributed by atoms with Crippen LogP contribution in [0.5, 0.6) is 5.75 Å². The molecule has 98 valence electrons. The maximum absolute atomic E-state index is 10.8. The van der Waals surface area contributed by atoms with E-state index in [1.54, 1.807) is 7.11 Å². The van der Waals surface area contributed by atoms with Crippen LogP contribution in [0.25, 0.3) is 0 Å². The van der Waals surface area contributed by atoms with Crippen LogP contribution in [0, 0.1) is 0 Å². The molecule has 18 heavy (non-hydrogen) atoms. The molecule has 0 saturated heterocycles. The number of hydrogen-bond acceptors (Lipinski definition) is 3. The minimum atomic E-state index is -0.674. The van der Waals surface area contributed by atoms with E-state index >= 15 is 0 Å². The van der Waals surface area contributed by atoms with Gasteiger partial charge in [0.2, 0.25) is 0 Å². The molecule has 0 unspecified atom stereocenters. The van der Waals surface area contributed by atoms with Gasteiger partial charge in [-0.15, -0.1) is 0 Å². The van der Waals surface area contributed by atoms with Crippen molar-refractivity contribution in [2.24, 2.45) is 0 Å². The molecule has 0 aromatic heterocycles. The van der Waals surface area contributed by atoms with Crippen molar-refractivity contribution in [2.75, 3.05) is 13.7 Å². The molecule has 0 spiro atoms. The molecular weight excluding hydrogens is 228 g/mol. The van der Waals surface area contributed by atoms with Gasteiger partial charge in [-0.05, 0) is 48.9 Å². The molecule has 1 fully saturated rings. The summed E-state index contributed by atoms with van der Waals surface area (Å²) in [6, 6.07) is 6.13. The van der Waals surface area contributed by atoms with Gasteiger partial charge >= 0.3 is 0 Å². The summed E-state index contributed by atoms with van der Waals surface area (Å²) >= 11 is 0. The van der Waals surface area contributed by atoms with Crippen LogP contribution < -0.4 is 4.74 Å². The molecule has 3 heteroatoms. The number of fused-ring (bicyclic) bond motifs is 1. The zero-order chi connectivity index (χ0) is 12.6. The average molecular weight is 248 g/mol. The molecule has 3 rings (SSSR count). The second kappa shape index (κ2) is 4.56. The van der Waals surface area contributed by atoms with Crippen LogP contribution in [0.3, 0.4) is 0 Å². The second-order valence-corrected chi connectivity index (χ2v) is 5.39. The maximum Gasteiger partial charge on any atom is 0.122 e. The molecule has 1 aromatic rings. The lowest BCUT2D eigenvalue weighted by Gasteiger charge is -2.36. The summed E-state index contributed by atoms with van der Waals surface area (Å²) in [6.07, 6.45) is 4.69. The first-order chi connectivity index (χ1) is 8.71. The predicted molar refractivity (Wildman–Crippen MR) is 68.8 cm³/mol. The molecule has 0 amide bonds. The van der Waals surface area contributed by atoms with Gasteiger partial charge in [-0.25, -0.2) is 0 Å². The van der Waals surface area contributed by atoms with Crippen molar-refractivity contribution < 1.29 is 14.6 Å². The number of hydrogen-bond donors (Lipinski definition) is 1. The number of ether oxygens (including phenoxy) is 2. The van der Waals surface area contributed by atoms with E-state index in [0.29, 0.717) is 6.10 Å². The first kappa shape index (κ1) is 12.0. The summed E-state index contributed by atoms with van der Waals surface area (Å²) in [5.74, 6) is 0.980. The monoisotopic (exact) mass is 248 g/mol. The minimum absolute atomic E-state index is 0.308. The third-order valence-electron chi connectivity index (χ3n) is 4.32. The molecule has 1 N–H and O–H groups in total. The number of rotatable bonds is 2. The van der Waals surface area contributed by atoms with Crippen LogP contribution in [0.4, 0.5) is 0 Å². The van der Waals surface area contributed by atoms with E-state index in [0.717, 1.165) is 50.0 Å². The Morgan fingerprint density at radius 2 is 2.11 bits per heavy atom. The molecule has 0 atom stereocenters. The second-order valence-electron chi connectivity index (χ2n) is 5.39. The smallest absolute Gasteiger partial charge is 0.122 e. The normalized spacial score (nSPS) is 30.9. The third-order valence-corrected chi connectivity index (χ3v) is 4.32. The Hall–Kier alpha value is -1.06. The molecular formula is C15H20O3. The quantitative estimate of drug-likeness (QED) is 0.873. The van der Waals surface area contributed by atoms with Crippen LogP contribution in [0.15, 0.2) is 18.2 Å². The summed E-state index contributed by atoms with van der Waals surface area (Å²) in [7, 11) is 1.75. The molecule has 1 aromatic carbocycles. The highest BCUT2D eigenvalue weighted by Gasteiger charge is 2.35. The Balaban J connectivity index is 1.82. The third kappa shape index (κ3) is 2.02. The highest BCUT2D eigenvalue weighted by atomic mass is 16.5. The largest absolute Gasteiger partial charge is 0.493 e. The van der Waals surface area contributed by atoms with Crippen LogP contribution in [-0.2, 0) is 16.8 Å². The highest BCUT2D eigenvalue weighted by molar-refractivity contribution is 5.41. The maximum atomic E-state index is 10.8. The summed E-state index contributed by atoms with van der Waals surface area (Å²) in [5, 5.41) is 10.8. The first-order valence-corrected chi connectivity index (χ1v) is 6.73. The Labute approximate surface area is 108 Å². The molecule has 2 aliphatic rings.